The van der Waals surface area contributed by atoms with Crippen molar-refractivity contribution in [3.63, 3.8) is 0 Å². The number of hydrogen-bond donors (Lipinski definition) is 0. The first-order valence-electron chi connectivity index (χ1n) is 19.7. The van der Waals surface area contributed by atoms with Crippen molar-refractivity contribution in [2.75, 3.05) is 26.4 Å². The number of nitrogens with zero attached hydrogens (tertiary/aromatic N) is 2. The van der Waals surface area contributed by atoms with Crippen molar-refractivity contribution in [2.24, 2.45) is 5.41 Å². The third kappa shape index (κ3) is 11.8. The summed E-state index contributed by atoms with van der Waals surface area (Å²) in [5.74, 6) is 0.316. The minimum Gasteiger partial charge on any atom is -0.463 e. The maximum atomic E-state index is 12.9. The van der Waals surface area contributed by atoms with Crippen molar-refractivity contribution in [1.29, 1.82) is 0 Å². The van der Waals surface area contributed by atoms with Gasteiger partial charge in [-0.25, -0.2) is 9.13 Å². The SMILES string of the molecule is C#C[C@]1(C)[C@@H]2O[P@@](=O)(OCCCC(=O)OC(C)C)OC[C@H]2O[C@H]1N1C=CC(=O)CC1=O.CC(C)OC(=O)CCCO[P@]1(=O)OC[C@H]2O[C@@H](N3C=CC(=O)CC3=O)[C@](C)(Cl)[C@@H]2O1. The van der Waals surface area contributed by atoms with Crippen molar-refractivity contribution < 1.29 is 84.0 Å². The van der Waals surface area contributed by atoms with Crippen LogP contribution in [0.3, 0.4) is 0 Å². The van der Waals surface area contributed by atoms with Gasteiger partial charge in [0.15, 0.2) is 24.0 Å². The van der Waals surface area contributed by atoms with Gasteiger partial charge in [0, 0.05) is 25.2 Å². The van der Waals surface area contributed by atoms with Crippen LogP contribution in [-0.4, -0.2) is 126 Å². The van der Waals surface area contributed by atoms with E-state index in [0.29, 0.717) is 0 Å². The second-order valence-electron chi connectivity index (χ2n) is 15.6. The average Bonchev–Trinajstić information content (AvgIpc) is 3.60. The number of ether oxygens (including phenoxy) is 4. The molecule has 6 rings (SSSR count). The minimum atomic E-state index is -3.96. The third-order valence-corrected chi connectivity index (χ3v) is 13.2. The van der Waals surface area contributed by atoms with E-state index in [0.717, 1.165) is 0 Å². The van der Waals surface area contributed by atoms with E-state index in [1.807, 2.05) is 0 Å². The molecule has 6 heterocycles. The van der Waals surface area contributed by atoms with Gasteiger partial charge < -0.3 is 18.9 Å². The fraction of sp³-hybridized carbons (Fsp3) is 0.684. The molecule has 2 amide bonds. The Morgan fingerprint density at radius 1 is 0.787 bits per heavy atom. The number of carbonyl (C=O) groups excluding carboxylic acids is 6. The quantitative estimate of drug-likeness (QED) is 0.0592. The number of ketones is 2. The molecule has 6 aliphatic rings. The van der Waals surface area contributed by atoms with Gasteiger partial charge in [0.2, 0.25) is 11.8 Å². The molecule has 0 radical (unpaired) electrons. The summed E-state index contributed by atoms with van der Waals surface area (Å²) in [5.41, 5.74) is -1.17. The van der Waals surface area contributed by atoms with E-state index in [1.54, 1.807) is 41.5 Å². The Kier molecular flexibility index (Phi) is 16.0. The number of fused-ring (bicyclic) bond motifs is 2. The zero-order chi connectivity index (χ0) is 44.9. The highest BCUT2D eigenvalue weighted by atomic mass is 35.5. The molecule has 0 unspecified atom stereocenters. The molecule has 338 valence electrons. The maximum absolute atomic E-state index is 12.9. The van der Waals surface area contributed by atoms with Crippen LogP contribution in [0.5, 0.6) is 0 Å². The highest BCUT2D eigenvalue weighted by Crippen LogP contribution is 2.60. The molecule has 0 bridgehead atoms. The van der Waals surface area contributed by atoms with Crippen LogP contribution in [0, 0.1) is 17.8 Å². The van der Waals surface area contributed by atoms with Crippen LogP contribution >= 0.6 is 27.2 Å². The predicted molar refractivity (Wildman–Crippen MR) is 209 cm³/mol. The zero-order valence-electron chi connectivity index (χ0n) is 34.6. The number of allylic oxidation sites excluding steroid dienone is 2. The zero-order valence-corrected chi connectivity index (χ0v) is 37.1. The molecule has 0 saturated carbocycles. The highest BCUT2D eigenvalue weighted by molar-refractivity contribution is 7.48. The van der Waals surface area contributed by atoms with Gasteiger partial charge >= 0.3 is 27.6 Å². The number of halogens is 1. The molecule has 0 N–H and O–H groups in total. The number of esters is 2. The summed E-state index contributed by atoms with van der Waals surface area (Å²) in [5, 5.41) is 0. The van der Waals surface area contributed by atoms with Gasteiger partial charge in [0.05, 0.1) is 51.5 Å². The molecule has 0 spiro atoms. The van der Waals surface area contributed by atoms with Crippen molar-refractivity contribution in [1.82, 2.24) is 9.80 Å². The Hall–Kier alpha value is -3.31. The number of phosphoric acid groups is 2. The first-order chi connectivity index (χ1) is 28.6. The Balaban J connectivity index is 0.000000231. The Labute approximate surface area is 358 Å². The van der Waals surface area contributed by atoms with E-state index in [-0.39, 0.29) is 101 Å². The van der Waals surface area contributed by atoms with Crippen LogP contribution in [0.15, 0.2) is 24.6 Å². The van der Waals surface area contributed by atoms with Gasteiger partial charge in [-0.3, -0.25) is 65.7 Å². The summed E-state index contributed by atoms with van der Waals surface area (Å²) in [6.07, 6.45) is 5.74. The molecule has 61 heavy (non-hydrogen) atoms. The van der Waals surface area contributed by atoms with E-state index < -0.39 is 74.6 Å². The lowest BCUT2D eigenvalue weighted by atomic mass is 9.82. The second-order valence-corrected chi connectivity index (χ2v) is 19.7. The van der Waals surface area contributed by atoms with E-state index in [1.165, 1.54) is 34.4 Å². The van der Waals surface area contributed by atoms with Gasteiger partial charge in [-0.2, -0.15) is 0 Å². The van der Waals surface area contributed by atoms with E-state index in [4.69, 9.17) is 64.1 Å². The largest absolute Gasteiger partial charge is 0.475 e. The lowest BCUT2D eigenvalue weighted by Crippen LogP contribution is -2.51. The fourth-order valence-electron chi connectivity index (χ4n) is 6.97. The number of phosphoric ester groups is 2. The molecule has 4 fully saturated rings. The topological polar surface area (TPSA) is 235 Å². The smallest absolute Gasteiger partial charge is 0.463 e. The number of carbonyl (C=O) groups is 6. The van der Waals surface area contributed by atoms with Crippen LogP contribution in [0.4, 0.5) is 0 Å². The number of rotatable bonds is 14. The molecule has 20 nitrogen and oxygen atoms in total. The minimum absolute atomic E-state index is 0.0411. The monoisotopic (exact) mass is 920 g/mol. The van der Waals surface area contributed by atoms with Crippen molar-refractivity contribution in [3.8, 4) is 12.3 Å². The number of hydrogen-bond acceptors (Lipinski definition) is 18. The lowest BCUT2D eigenvalue weighted by Gasteiger charge is -2.37. The molecule has 0 aliphatic carbocycles. The summed E-state index contributed by atoms with van der Waals surface area (Å²) in [7, 11) is -7.89. The Morgan fingerprint density at radius 3 is 1.66 bits per heavy atom. The molecule has 0 aromatic heterocycles. The first kappa shape index (κ1) is 48.7. The fourth-order valence-corrected chi connectivity index (χ4v) is 10.4. The number of amides is 2. The van der Waals surface area contributed by atoms with Crippen LogP contribution in [0.1, 0.15) is 80.1 Å². The summed E-state index contributed by atoms with van der Waals surface area (Å²) in [6.45, 7) is 9.92. The molecular weight excluding hydrogens is 870 g/mol. The Bertz CT molecular complexity index is 1920. The van der Waals surface area contributed by atoms with E-state index in [2.05, 4.69) is 5.92 Å². The van der Waals surface area contributed by atoms with Crippen molar-refractivity contribution in [3.05, 3.63) is 24.6 Å². The number of alkyl halides is 1. The van der Waals surface area contributed by atoms with Crippen LogP contribution < -0.4 is 0 Å². The van der Waals surface area contributed by atoms with Crippen LogP contribution in [-0.2, 0) is 84.0 Å². The summed E-state index contributed by atoms with van der Waals surface area (Å²) < 4.78 is 80.0. The molecule has 6 aliphatic heterocycles. The molecular formula is C38H51ClN2O18P2. The molecule has 4 saturated heterocycles. The lowest BCUT2D eigenvalue weighted by molar-refractivity contribution is -0.148. The summed E-state index contributed by atoms with van der Waals surface area (Å²) >= 11 is 6.66. The Morgan fingerprint density at radius 2 is 1.21 bits per heavy atom. The maximum Gasteiger partial charge on any atom is 0.475 e. The van der Waals surface area contributed by atoms with Gasteiger partial charge in [0.25, 0.3) is 0 Å². The van der Waals surface area contributed by atoms with Crippen LogP contribution in [0.2, 0.25) is 0 Å². The van der Waals surface area contributed by atoms with Crippen LogP contribution in [0.25, 0.3) is 0 Å². The highest BCUT2D eigenvalue weighted by Gasteiger charge is 2.63. The summed E-state index contributed by atoms with van der Waals surface area (Å²) in [4.78, 5) is 71.8. The van der Waals surface area contributed by atoms with Gasteiger partial charge in [-0.05, 0) is 66.5 Å². The average molecular weight is 921 g/mol. The molecule has 0 aromatic rings. The summed E-state index contributed by atoms with van der Waals surface area (Å²) in [6, 6.07) is 0. The molecule has 10 atom stereocenters. The normalized spacial score (nSPS) is 35.7. The number of terminal acetylenes is 1. The van der Waals surface area contributed by atoms with Gasteiger partial charge in [-0.1, -0.05) is 5.92 Å². The van der Waals surface area contributed by atoms with E-state index >= 15 is 0 Å². The second kappa shape index (κ2) is 20.0. The standard InChI is InChI=1S/C20H26NO9P.C18H25ClNO9P/c1-5-20(4)18-15(29-19(20)21-9-8-14(22)11-16(21)23)12-27-31(25,30-18)26-10-6-7-17(24)28-13(2)3;1-11(2)27-15(23)5-4-8-25-30(24)26-10-13-16(29-30)18(3,19)17(28-13)20-7-6-12(21)9-14(20)22/h1,8-9,13,15,18-19H,6-7,10-12H2,2-4H3;6-7,11,13,16-17H,4-5,8-10H2,1-3H3/t15-,18-,19-,20-,31+;13-,16-,17-,18-,30-/m11/s1. The first-order valence-corrected chi connectivity index (χ1v) is 23.0. The van der Waals surface area contributed by atoms with Gasteiger partial charge in [-0.15, -0.1) is 18.0 Å². The van der Waals surface area contributed by atoms with E-state index in [9.17, 15) is 37.9 Å². The van der Waals surface area contributed by atoms with Crippen molar-refractivity contribution in [2.45, 2.75) is 134 Å². The predicted octanol–water partition coefficient (Wildman–Crippen LogP) is 4.23. The van der Waals surface area contributed by atoms with Crippen molar-refractivity contribution >= 4 is 62.6 Å². The molecule has 23 heteroatoms. The third-order valence-electron chi connectivity index (χ3n) is 9.87. The van der Waals surface area contributed by atoms with Gasteiger partial charge in [0.1, 0.15) is 34.7 Å². The molecule has 0 aromatic carbocycles.